The Bertz CT molecular complexity index is 132. The lowest BCUT2D eigenvalue weighted by molar-refractivity contribution is 0.104. The van der Waals surface area contributed by atoms with E-state index >= 15 is 0 Å². The second-order valence-electron chi connectivity index (χ2n) is 4.80. The molecule has 0 aliphatic rings. The fourth-order valence-electron chi connectivity index (χ4n) is 1.52. The van der Waals surface area contributed by atoms with Gasteiger partial charge in [-0.15, -0.1) is 0 Å². The highest BCUT2D eigenvalue weighted by Crippen LogP contribution is 2.29. The van der Waals surface area contributed by atoms with Crippen LogP contribution in [0.3, 0.4) is 0 Å². The van der Waals surface area contributed by atoms with Gasteiger partial charge in [-0.25, -0.2) is 0 Å². The first-order valence-electron chi connectivity index (χ1n) is 4.95. The average Bonchev–Trinajstić information content (AvgIpc) is 1.82. The van der Waals surface area contributed by atoms with Crippen molar-refractivity contribution in [2.75, 3.05) is 0 Å². The lowest BCUT2D eigenvalue weighted by Crippen LogP contribution is -2.38. The van der Waals surface area contributed by atoms with E-state index in [1.54, 1.807) is 0 Å². The van der Waals surface area contributed by atoms with Gasteiger partial charge >= 0.3 is 0 Å². The SMILES string of the molecule is CC([SiH](C)C)C(C)(C)O[SiH](C)C. The highest BCUT2D eigenvalue weighted by atomic mass is 28.3. The van der Waals surface area contributed by atoms with Crippen LogP contribution in [0.1, 0.15) is 20.8 Å². The maximum absolute atomic E-state index is 6.03. The Morgan fingerprint density at radius 1 is 1.08 bits per heavy atom. The maximum atomic E-state index is 6.03. The summed E-state index contributed by atoms with van der Waals surface area (Å²) >= 11 is 0. The molecule has 0 saturated heterocycles. The first-order chi connectivity index (χ1) is 5.27. The molecule has 0 bridgehead atoms. The van der Waals surface area contributed by atoms with Crippen LogP contribution in [0.2, 0.25) is 31.7 Å². The Labute approximate surface area is 80.9 Å². The van der Waals surface area contributed by atoms with E-state index in [0.29, 0.717) is 0 Å². The van der Waals surface area contributed by atoms with Crippen molar-refractivity contribution in [3.8, 4) is 0 Å². The van der Waals surface area contributed by atoms with Crippen LogP contribution in [-0.4, -0.2) is 23.4 Å². The van der Waals surface area contributed by atoms with Crippen molar-refractivity contribution >= 4 is 17.8 Å². The van der Waals surface area contributed by atoms with Crippen molar-refractivity contribution in [3.05, 3.63) is 0 Å². The van der Waals surface area contributed by atoms with Gasteiger partial charge in [0.2, 0.25) is 0 Å². The lowest BCUT2D eigenvalue weighted by Gasteiger charge is -2.36. The normalized spacial score (nSPS) is 15.8. The van der Waals surface area contributed by atoms with Gasteiger partial charge in [0.05, 0.1) is 5.60 Å². The Morgan fingerprint density at radius 3 is 1.75 bits per heavy atom. The molecule has 1 unspecified atom stereocenters. The molecule has 0 rings (SSSR count). The molecule has 0 fully saturated rings. The van der Waals surface area contributed by atoms with Crippen LogP contribution in [0.25, 0.3) is 0 Å². The molecule has 0 radical (unpaired) electrons. The van der Waals surface area contributed by atoms with E-state index in [1.165, 1.54) is 0 Å². The quantitative estimate of drug-likeness (QED) is 0.640. The Balaban J connectivity index is 4.18. The molecule has 1 atom stereocenters. The molecule has 0 aromatic rings. The lowest BCUT2D eigenvalue weighted by atomic mass is 10.1. The van der Waals surface area contributed by atoms with Gasteiger partial charge in [0.15, 0.2) is 9.04 Å². The fraction of sp³-hybridized carbons (Fsp3) is 1.00. The zero-order valence-electron chi connectivity index (χ0n) is 9.64. The summed E-state index contributed by atoms with van der Waals surface area (Å²) in [6, 6.07) is 0. The van der Waals surface area contributed by atoms with Gasteiger partial charge in [-0.2, -0.15) is 0 Å². The molecule has 0 spiro atoms. The predicted octanol–water partition coefficient (Wildman–Crippen LogP) is 2.64. The van der Waals surface area contributed by atoms with Crippen molar-refractivity contribution in [1.29, 1.82) is 0 Å². The van der Waals surface area contributed by atoms with Crippen LogP contribution in [-0.2, 0) is 4.43 Å². The van der Waals surface area contributed by atoms with Crippen molar-refractivity contribution in [2.24, 2.45) is 0 Å². The zero-order valence-corrected chi connectivity index (χ0v) is 11.9. The van der Waals surface area contributed by atoms with Gasteiger partial charge in [0.1, 0.15) is 0 Å². The fourth-order valence-corrected chi connectivity index (χ4v) is 4.79. The summed E-state index contributed by atoms with van der Waals surface area (Å²) in [4.78, 5) is 0. The molecular formula is C9H24OSi2. The number of hydrogen-bond acceptors (Lipinski definition) is 1. The third kappa shape index (κ3) is 3.87. The molecule has 12 heavy (non-hydrogen) atoms. The Kier molecular flexibility index (Phi) is 4.73. The summed E-state index contributed by atoms with van der Waals surface area (Å²) < 4.78 is 6.03. The van der Waals surface area contributed by atoms with Gasteiger partial charge < -0.3 is 4.43 Å². The van der Waals surface area contributed by atoms with Crippen LogP contribution in [0, 0.1) is 0 Å². The average molecular weight is 204 g/mol. The minimum absolute atomic E-state index is 0.126. The molecule has 74 valence electrons. The molecule has 0 saturated carbocycles. The smallest absolute Gasteiger partial charge is 0.171 e. The van der Waals surface area contributed by atoms with Gasteiger partial charge in [-0.05, 0) is 32.5 Å². The van der Waals surface area contributed by atoms with Gasteiger partial charge in [0.25, 0.3) is 0 Å². The number of hydrogen-bond donors (Lipinski definition) is 0. The summed E-state index contributed by atoms with van der Waals surface area (Å²) in [6.45, 7) is 16.1. The van der Waals surface area contributed by atoms with Crippen LogP contribution < -0.4 is 0 Å². The first kappa shape index (κ1) is 12.4. The molecule has 3 heteroatoms. The summed E-state index contributed by atoms with van der Waals surface area (Å²) in [7, 11) is -1.42. The minimum Gasteiger partial charge on any atom is -0.416 e. The first-order valence-corrected chi connectivity index (χ1v) is 10.7. The maximum Gasteiger partial charge on any atom is 0.171 e. The van der Waals surface area contributed by atoms with E-state index < -0.39 is 17.8 Å². The van der Waals surface area contributed by atoms with Crippen molar-refractivity contribution in [2.45, 2.75) is 58.1 Å². The summed E-state index contributed by atoms with van der Waals surface area (Å²) in [6.07, 6.45) is 0. The summed E-state index contributed by atoms with van der Waals surface area (Å²) in [5, 5.41) is 0. The van der Waals surface area contributed by atoms with E-state index in [9.17, 15) is 0 Å². The zero-order chi connectivity index (χ0) is 9.94. The van der Waals surface area contributed by atoms with E-state index in [2.05, 4.69) is 47.0 Å². The minimum atomic E-state index is -0.871. The molecule has 0 aliphatic heterocycles. The Hall–Kier alpha value is 0.394. The standard InChI is InChI=1S/C9H24OSi2/c1-8(11(4)5)9(2,3)10-12(6)7/h8,11-12H,1-7H3. The Morgan fingerprint density at radius 2 is 1.50 bits per heavy atom. The third-order valence-corrected chi connectivity index (χ3v) is 6.52. The molecule has 0 aliphatic carbocycles. The van der Waals surface area contributed by atoms with Crippen LogP contribution >= 0.6 is 0 Å². The molecule has 0 N–H and O–H groups in total. The van der Waals surface area contributed by atoms with Gasteiger partial charge in [-0.1, -0.05) is 20.0 Å². The van der Waals surface area contributed by atoms with Crippen LogP contribution in [0.4, 0.5) is 0 Å². The largest absolute Gasteiger partial charge is 0.416 e. The monoisotopic (exact) mass is 204 g/mol. The van der Waals surface area contributed by atoms with Crippen molar-refractivity contribution in [1.82, 2.24) is 0 Å². The molecule has 0 amide bonds. The van der Waals surface area contributed by atoms with Crippen LogP contribution in [0.15, 0.2) is 0 Å². The predicted molar refractivity (Wildman–Crippen MR) is 62.3 cm³/mol. The molecule has 1 nitrogen and oxygen atoms in total. The third-order valence-electron chi connectivity index (χ3n) is 2.64. The topological polar surface area (TPSA) is 9.23 Å². The van der Waals surface area contributed by atoms with Crippen molar-refractivity contribution < 1.29 is 4.43 Å². The number of rotatable bonds is 4. The van der Waals surface area contributed by atoms with Crippen LogP contribution in [0.5, 0.6) is 0 Å². The molecule has 0 aromatic carbocycles. The van der Waals surface area contributed by atoms with E-state index in [0.717, 1.165) is 5.54 Å². The highest BCUT2D eigenvalue weighted by Gasteiger charge is 2.29. The molecule has 0 heterocycles. The van der Waals surface area contributed by atoms with Gasteiger partial charge in [0, 0.05) is 8.80 Å². The second-order valence-corrected chi connectivity index (χ2v) is 10.6. The van der Waals surface area contributed by atoms with E-state index in [4.69, 9.17) is 4.43 Å². The van der Waals surface area contributed by atoms with E-state index in [1.807, 2.05) is 0 Å². The van der Waals surface area contributed by atoms with Crippen molar-refractivity contribution in [3.63, 3.8) is 0 Å². The van der Waals surface area contributed by atoms with Gasteiger partial charge in [-0.3, -0.25) is 0 Å². The van der Waals surface area contributed by atoms with E-state index in [-0.39, 0.29) is 5.60 Å². The summed E-state index contributed by atoms with van der Waals surface area (Å²) in [5.41, 5.74) is 0.897. The highest BCUT2D eigenvalue weighted by molar-refractivity contribution is 6.58. The second kappa shape index (κ2) is 4.58. The summed E-state index contributed by atoms with van der Waals surface area (Å²) in [5.74, 6) is 0. The molecular weight excluding hydrogens is 180 g/mol. The molecule has 0 aromatic heterocycles.